The molecule has 3 aliphatic rings. The third-order valence-corrected chi connectivity index (χ3v) is 8.09. The van der Waals surface area contributed by atoms with E-state index in [0.29, 0.717) is 41.1 Å². The summed E-state index contributed by atoms with van der Waals surface area (Å²) in [5.74, 6) is 0.955. The molecule has 7 rings (SSSR count). The van der Waals surface area contributed by atoms with Gasteiger partial charge in [-0.2, -0.15) is 9.97 Å². The van der Waals surface area contributed by atoms with E-state index in [4.69, 9.17) is 9.72 Å². The highest BCUT2D eigenvalue weighted by molar-refractivity contribution is 6.01. The van der Waals surface area contributed by atoms with E-state index >= 15 is 4.39 Å². The molecule has 0 spiro atoms. The molecular formula is C29H29FN4O2. The summed E-state index contributed by atoms with van der Waals surface area (Å²) in [6.07, 6.45) is 5.85. The maximum absolute atomic E-state index is 16.3. The molecule has 2 N–H and O–H groups in total. The number of aromatic hydroxyl groups is 1. The summed E-state index contributed by atoms with van der Waals surface area (Å²) in [6, 6.07) is 15.8. The van der Waals surface area contributed by atoms with Gasteiger partial charge in [0, 0.05) is 36.1 Å². The molecular weight excluding hydrogens is 455 g/mol. The average molecular weight is 485 g/mol. The van der Waals surface area contributed by atoms with Crippen LogP contribution in [0.5, 0.6) is 11.8 Å². The van der Waals surface area contributed by atoms with Gasteiger partial charge in [-0.05, 0) is 66.1 Å². The SMILES string of the molecule is Oc1cc(-c2ccc3c(N4CC5CCC(C4)N5)nc(OCC4CCC4)nc3c2F)c2ccccc2c1. The van der Waals surface area contributed by atoms with Crippen LogP contribution < -0.4 is 15.0 Å². The maximum atomic E-state index is 16.3. The van der Waals surface area contributed by atoms with Crippen molar-refractivity contribution in [1.29, 1.82) is 0 Å². The Morgan fingerprint density at radius 1 is 0.944 bits per heavy atom. The van der Waals surface area contributed by atoms with Crippen molar-refractivity contribution < 1.29 is 14.2 Å². The number of anilines is 1. The summed E-state index contributed by atoms with van der Waals surface area (Å²) in [4.78, 5) is 11.7. The number of hydrogen-bond donors (Lipinski definition) is 2. The van der Waals surface area contributed by atoms with Crippen molar-refractivity contribution in [3.05, 3.63) is 54.3 Å². The molecule has 6 nitrogen and oxygen atoms in total. The Hall–Kier alpha value is -3.45. The minimum absolute atomic E-state index is 0.104. The number of piperazine rings is 1. The number of halogens is 1. The summed E-state index contributed by atoms with van der Waals surface area (Å²) in [7, 11) is 0. The van der Waals surface area contributed by atoms with Gasteiger partial charge in [0.25, 0.3) is 0 Å². The minimum atomic E-state index is -0.418. The zero-order valence-electron chi connectivity index (χ0n) is 20.1. The number of phenolic OH excluding ortho intramolecular Hbond substituents is 1. The molecule has 2 atom stereocenters. The van der Waals surface area contributed by atoms with Gasteiger partial charge in [-0.25, -0.2) is 4.39 Å². The summed E-state index contributed by atoms with van der Waals surface area (Å²) >= 11 is 0. The molecule has 7 heteroatoms. The lowest BCUT2D eigenvalue weighted by atomic mass is 9.86. The van der Waals surface area contributed by atoms with Gasteiger partial charge in [-0.3, -0.25) is 0 Å². The third-order valence-electron chi connectivity index (χ3n) is 8.09. The van der Waals surface area contributed by atoms with Gasteiger partial charge in [-0.15, -0.1) is 0 Å². The van der Waals surface area contributed by atoms with Gasteiger partial charge >= 0.3 is 6.01 Å². The van der Waals surface area contributed by atoms with Gasteiger partial charge in [0.05, 0.1) is 6.61 Å². The number of nitrogens with one attached hydrogen (secondary N) is 1. The Bertz CT molecular complexity index is 1460. The standard InChI is InChI=1S/C29H29FN4O2/c30-26-23(25-13-21(35)12-18-6-1-2-7-22(18)25)10-11-24-27(26)32-29(36-16-17-4-3-5-17)33-28(24)34-14-19-8-9-20(15-34)31-19/h1-2,6-7,10-13,17,19-20,31,35H,3-5,8-9,14-16H2. The van der Waals surface area contributed by atoms with E-state index in [1.807, 2.05) is 30.3 Å². The second-order valence-corrected chi connectivity index (χ2v) is 10.5. The second-order valence-electron chi connectivity index (χ2n) is 10.5. The first-order chi connectivity index (χ1) is 17.6. The molecule has 2 bridgehead atoms. The van der Waals surface area contributed by atoms with Crippen molar-refractivity contribution in [3.63, 3.8) is 0 Å². The lowest BCUT2D eigenvalue weighted by Gasteiger charge is -2.34. The number of phenols is 1. The molecule has 3 fully saturated rings. The smallest absolute Gasteiger partial charge is 0.319 e. The van der Waals surface area contributed by atoms with Gasteiger partial charge in [0.1, 0.15) is 17.1 Å². The lowest BCUT2D eigenvalue weighted by molar-refractivity contribution is 0.170. The molecule has 0 radical (unpaired) electrons. The normalized spacial score (nSPS) is 21.8. The minimum Gasteiger partial charge on any atom is -0.508 e. The summed E-state index contributed by atoms with van der Waals surface area (Å²) < 4.78 is 22.4. The van der Waals surface area contributed by atoms with E-state index in [9.17, 15) is 5.11 Å². The zero-order chi connectivity index (χ0) is 24.2. The number of ether oxygens (including phenoxy) is 1. The monoisotopic (exact) mass is 484 g/mol. The predicted octanol–water partition coefficient (Wildman–Crippen LogP) is 5.41. The van der Waals surface area contributed by atoms with E-state index in [0.717, 1.165) is 55.4 Å². The number of hydrogen-bond acceptors (Lipinski definition) is 6. The molecule has 1 saturated carbocycles. The van der Waals surface area contributed by atoms with Crippen LogP contribution in [0.3, 0.4) is 0 Å². The summed E-state index contributed by atoms with van der Waals surface area (Å²) in [6.45, 7) is 2.24. The Morgan fingerprint density at radius 2 is 1.75 bits per heavy atom. The van der Waals surface area contributed by atoms with E-state index in [1.165, 1.54) is 6.42 Å². The van der Waals surface area contributed by atoms with Crippen LogP contribution in [0.15, 0.2) is 48.5 Å². The molecule has 2 saturated heterocycles. The number of aromatic nitrogens is 2. The topological polar surface area (TPSA) is 70.5 Å². The number of rotatable bonds is 5. The first-order valence-electron chi connectivity index (χ1n) is 13.0. The summed E-state index contributed by atoms with van der Waals surface area (Å²) in [5.41, 5.74) is 1.31. The molecule has 1 aliphatic carbocycles. The highest BCUT2D eigenvalue weighted by atomic mass is 19.1. The largest absolute Gasteiger partial charge is 0.508 e. The number of fused-ring (bicyclic) bond motifs is 4. The van der Waals surface area contributed by atoms with Crippen LogP contribution in [0.2, 0.25) is 0 Å². The first kappa shape index (κ1) is 21.8. The van der Waals surface area contributed by atoms with Crippen LogP contribution in [0.4, 0.5) is 10.2 Å². The van der Waals surface area contributed by atoms with Gasteiger partial charge in [0.2, 0.25) is 0 Å². The molecule has 3 aromatic carbocycles. The van der Waals surface area contributed by atoms with Crippen molar-refractivity contribution >= 4 is 27.5 Å². The van der Waals surface area contributed by atoms with Gasteiger partial charge in [-0.1, -0.05) is 36.8 Å². The second kappa shape index (κ2) is 8.59. The molecule has 3 heterocycles. The Morgan fingerprint density at radius 3 is 2.53 bits per heavy atom. The first-order valence-corrected chi connectivity index (χ1v) is 13.0. The molecule has 1 aromatic heterocycles. The maximum Gasteiger partial charge on any atom is 0.319 e. The molecule has 184 valence electrons. The molecule has 2 unspecified atom stereocenters. The molecule has 0 amide bonds. The molecule has 4 aromatic rings. The predicted molar refractivity (Wildman–Crippen MR) is 139 cm³/mol. The van der Waals surface area contributed by atoms with Crippen molar-refractivity contribution in [2.45, 2.75) is 44.2 Å². The van der Waals surface area contributed by atoms with Crippen LogP contribution in [-0.4, -0.2) is 46.9 Å². The van der Waals surface area contributed by atoms with Crippen molar-refractivity contribution in [1.82, 2.24) is 15.3 Å². The van der Waals surface area contributed by atoms with E-state index in [-0.39, 0.29) is 17.3 Å². The highest BCUT2D eigenvalue weighted by Gasteiger charge is 2.34. The Balaban J connectivity index is 1.38. The molecule has 36 heavy (non-hydrogen) atoms. The van der Waals surface area contributed by atoms with Crippen LogP contribution in [0, 0.1) is 11.7 Å². The van der Waals surface area contributed by atoms with Crippen molar-refractivity contribution in [2.75, 3.05) is 24.6 Å². The van der Waals surface area contributed by atoms with Gasteiger partial charge in [0.15, 0.2) is 5.82 Å². The third kappa shape index (κ3) is 3.73. The van der Waals surface area contributed by atoms with Crippen molar-refractivity contribution in [2.24, 2.45) is 5.92 Å². The quantitative estimate of drug-likeness (QED) is 0.395. The molecule has 2 aliphatic heterocycles. The fourth-order valence-electron chi connectivity index (χ4n) is 5.98. The van der Waals surface area contributed by atoms with Crippen LogP contribution in [0.1, 0.15) is 32.1 Å². The Labute approximate surface area is 209 Å². The fourth-order valence-corrected chi connectivity index (χ4v) is 5.98. The van der Waals surface area contributed by atoms with Crippen LogP contribution in [-0.2, 0) is 0 Å². The summed E-state index contributed by atoms with van der Waals surface area (Å²) in [5, 5.41) is 16.4. The Kier molecular flexibility index (Phi) is 5.20. The lowest BCUT2D eigenvalue weighted by Crippen LogP contribution is -2.51. The van der Waals surface area contributed by atoms with Crippen LogP contribution >= 0.6 is 0 Å². The fraction of sp³-hybridized carbons (Fsp3) is 0.379. The van der Waals surface area contributed by atoms with Crippen LogP contribution in [0.25, 0.3) is 32.8 Å². The number of nitrogens with zero attached hydrogens (tertiary/aromatic N) is 3. The van der Waals surface area contributed by atoms with E-state index in [1.54, 1.807) is 18.2 Å². The van der Waals surface area contributed by atoms with E-state index in [2.05, 4.69) is 15.2 Å². The highest BCUT2D eigenvalue weighted by Crippen LogP contribution is 2.39. The van der Waals surface area contributed by atoms with E-state index < -0.39 is 5.82 Å². The van der Waals surface area contributed by atoms with Crippen molar-refractivity contribution in [3.8, 4) is 22.9 Å². The van der Waals surface area contributed by atoms with Gasteiger partial charge < -0.3 is 20.1 Å². The average Bonchev–Trinajstić information content (AvgIpc) is 3.20. The zero-order valence-corrected chi connectivity index (χ0v) is 20.1. The number of benzene rings is 3.